The molecule has 3 aromatic rings. The van der Waals surface area contributed by atoms with Gasteiger partial charge in [0, 0.05) is 36.0 Å². The van der Waals surface area contributed by atoms with E-state index in [0.717, 1.165) is 16.5 Å². The van der Waals surface area contributed by atoms with Crippen LogP contribution in [0.3, 0.4) is 0 Å². The molecule has 2 aliphatic rings. The molecule has 0 spiro atoms. The molecule has 1 aromatic heterocycles. The number of aryl methyl sites for hydroxylation is 2. The number of pyridine rings is 1. The topological polar surface area (TPSA) is 91.1 Å². The molecule has 0 unspecified atom stereocenters. The van der Waals surface area contributed by atoms with Crippen molar-refractivity contribution >= 4 is 16.9 Å². The molecule has 0 radical (unpaired) electrons. The molecule has 0 amide bonds. The monoisotopic (exact) mass is 460 g/mol. The van der Waals surface area contributed by atoms with Gasteiger partial charge in [0.1, 0.15) is 22.8 Å². The van der Waals surface area contributed by atoms with Crippen molar-refractivity contribution in [1.29, 1.82) is 0 Å². The van der Waals surface area contributed by atoms with Crippen LogP contribution in [0.2, 0.25) is 0 Å². The van der Waals surface area contributed by atoms with Crippen molar-refractivity contribution in [1.82, 2.24) is 19.3 Å². The molecule has 2 aromatic carbocycles. The van der Waals surface area contributed by atoms with Gasteiger partial charge in [-0.3, -0.25) is 4.79 Å². The van der Waals surface area contributed by atoms with Gasteiger partial charge in [0.15, 0.2) is 0 Å². The summed E-state index contributed by atoms with van der Waals surface area (Å²) in [6, 6.07) is 11.5. The fourth-order valence-electron chi connectivity index (χ4n) is 4.05. The van der Waals surface area contributed by atoms with Gasteiger partial charge in [-0.15, -0.1) is 0 Å². The van der Waals surface area contributed by atoms with E-state index in [4.69, 9.17) is 9.47 Å². The Bertz CT molecular complexity index is 1530. The zero-order valence-corrected chi connectivity index (χ0v) is 18.5. The highest BCUT2D eigenvalue weighted by molar-refractivity contribution is 5.96. The van der Waals surface area contributed by atoms with Crippen molar-refractivity contribution < 1.29 is 18.7 Å². The van der Waals surface area contributed by atoms with Crippen LogP contribution in [0.25, 0.3) is 27.8 Å². The van der Waals surface area contributed by atoms with Gasteiger partial charge in [-0.2, -0.15) is 9.78 Å². The molecule has 0 bridgehead atoms. The molecule has 9 heteroatoms. The third-order valence-electron chi connectivity index (χ3n) is 5.81. The van der Waals surface area contributed by atoms with Gasteiger partial charge >= 0.3 is 5.97 Å². The lowest BCUT2D eigenvalue weighted by molar-refractivity contribution is 0.0600. The van der Waals surface area contributed by atoms with Crippen LogP contribution in [0.15, 0.2) is 65.8 Å². The zero-order chi connectivity index (χ0) is 23.8. The van der Waals surface area contributed by atoms with E-state index in [0.29, 0.717) is 30.0 Å². The number of fused-ring (bicyclic) bond motifs is 2. The van der Waals surface area contributed by atoms with E-state index in [-0.39, 0.29) is 22.6 Å². The normalized spacial score (nSPS) is 11.3. The summed E-state index contributed by atoms with van der Waals surface area (Å²) in [6.45, 7) is 0.455. The SMILES string of the molecule is COC(=O)c1cn(CCc2c[nH]c3ccc(F)cc23)cc2c(=O)n(-c3ccc(OC)cc3)nc1-2. The lowest BCUT2D eigenvalue weighted by Gasteiger charge is -2.11. The number of hydrogen-bond acceptors (Lipinski definition) is 5. The summed E-state index contributed by atoms with van der Waals surface area (Å²) in [5, 5.41) is 5.21. The summed E-state index contributed by atoms with van der Waals surface area (Å²) in [7, 11) is 2.84. The lowest BCUT2D eigenvalue weighted by atomic mass is 10.1. The molecule has 0 saturated carbocycles. The van der Waals surface area contributed by atoms with Crippen molar-refractivity contribution in [3.8, 4) is 22.7 Å². The summed E-state index contributed by atoms with van der Waals surface area (Å²) < 4.78 is 26.8. The summed E-state index contributed by atoms with van der Waals surface area (Å²) in [6.07, 6.45) is 5.69. The van der Waals surface area contributed by atoms with E-state index in [1.807, 2.05) is 6.20 Å². The van der Waals surface area contributed by atoms with Crippen LogP contribution in [-0.4, -0.2) is 39.5 Å². The number of halogens is 1. The van der Waals surface area contributed by atoms with Gasteiger partial charge < -0.3 is 19.0 Å². The number of ether oxygens (including phenoxy) is 2. The van der Waals surface area contributed by atoms with E-state index in [1.165, 1.54) is 23.9 Å². The third-order valence-corrected chi connectivity index (χ3v) is 5.81. The number of carbonyl (C=O) groups excluding carboxylic acids is 1. The number of aromatic amines is 1. The second-order valence-electron chi connectivity index (χ2n) is 7.83. The van der Waals surface area contributed by atoms with Crippen LogP contribution in [0.4, 0.5) is 4.39 Å². The maximum absolute atomic E-state index is 13.7. The molecular weight excluding hydrogens is 439 g/mol. The minimum Gasteiger partial charge on any atom is -0.497 e. The first-order valence-electron chi connectivity index (χ1n) is 10.6. The Morgan fingerprint density at radius 3 is 2.65 bits per heavy atom. The highest BCUT2D eigenvalue weighted by Gasteiger charge is 2.25. The standard InChI is InChI=1S/C25H21FN4O4/c1-33-18-6-4-17(5-7-18)30-24(31)20-13-29(14-21(23(20)28-30)25(32)34-2)10-9-15-12-27-22-8-3-16(26)11-19(15)22/h3-8,11-14,27H,9-10H2,1-2H3. The van der Waals surface area contributed by atoms with Gasteiger partial charge in [0.25, 0.3) is 5.56 Å². The number of esters is 1. The lowest BCUT2D eigenvalue weighted by Crippen LogP contribution is -2.16. The first-order valence-corrected chi connectivity index (χ1v) is 10.6. The van der Waals surface area contributed by atoms with Crippen molar-refractivity contribution in [3.63, 3.8) is 0 Å². The van der Waals surface area contributed by atoms with Crippen LogP contribution in [0.5, 0.6) is 5.75 Å². The Kier molecular flexibility index (Phi) is 5.37. The molecule has 0 saturated heterocycles. The fraction of sp³-hybridized carbons (Fsp3) is 0.160. The van der Waals surface area contributed by atoms with Gasteiger partial charge in [0.05, 0.1) is 25.5 Å². The van der Waals surface area contributed by atoms with E-state index >= 15 is 0 Å². The number of methoxy groups -OCH3 is 2. The molecule has 8 nitrogen and oxygen atoms in total. The Balaban J connectivity index is 1.55. The van der Waals surface area contributed by atoms with Crippen molar-refractivity contribution in [2.24, 2.45) is 0 Å². The van der Waals surface area contributed by atoms with Crippen molar-refractivity contribution in [2.75, 3.05) is 14.2 Å². The van der Waals surface area contributed by atoms with Gasteiger partial charge in [-0.05, 0) is 54.4 Å². The first-order chi connectivity index (χ1) is 16.5. The molecule has 34 heavy (non-hydrogen) atoms. The maximum atomic E-state index is 13.7. The quantitative estimate of drug-likeness (QED) is 0.389. The minimum atomic E-state index is -0.590. The first kappa shape index (κ1) is 21.4. The molecule has 1 N–H and O–H groups in total. The van der Waals surface area contributed by atoms with E-state index in [2.05, 4.69) is 10.1 Å². The van der Waals surface area contributed by atoms with Crippen LogP contribution in [0, 0.1) is 5.82 Å². The fourth-order valence-corrected chi connectivity index (χ4v) is 4.05. The van der Waals surface area contributed by atoms with Crippen LogP contribution < -0.4 is 10.3 Å². The van der Waals surface area contributed by atoms with E-state index in [9.17, 15) is 14.0 Å². The third kappa shape index (κ3) is 3.71. The van der Waals surface area contributed by atoms with E-state index < -0.39 is 5.97 Å². The summed E-state index contributed by atoms with van der Waals surface area (Å²) in [5.74, 6) is -0.247. The van der Waals surface area contributed by atoms with E-state index in [1.54, 1.807) is 54.4 Å². The maximum Gasteiger partial charge on any atom is 0.341 e. The average molecular weight is 460 g/mol. The molecule has 0 atom stereocenters. The summed E-state index contributed by atoms with van der Waals surface area (Å²) in [5.41, 5.74) is 2.71. The Morgan fingerprint density at radius 2 is 1.91 bits per heavy atom. The average Bonchev–Trinajstić information content (AvgIpc) is 3.42. The molecule has 3 heterocycles. The number of carbonyl (C=O) groups is 1. The predicted molar refractivity (Wildman–Crippen MR) is 124 cm³/mol. The van der Waals surface area contributed by atoms with Crippen molar-refractivity contribution in [2.45, 2.75) is 13.0 Å². The predicted octanol–water partition coefficient (Wildman–Crippen LogP) is 3.80. The van der Waals surface area contributed by atoms with Crippen molar-refractivity contribution in [3.05, 3.63) is 88.4 Å². The highest BCUT2D eigenvalue weighted by Crippen LogP contribution is 2.25. The number of nitrogens with zero attached hydrogens (tertiary/aromatic N) is 3. The summed E-state index contributed by atoms with van der Waals surface area (Å²) in [4.78, 5) is 28.9. The Labute approximate surface area is 193 Å². The summed E-state index contributed by atoms with van der Waals surface area (Å²) >= 11 is 0. The molecule has 2 aliphatic heterocycles. The number of hydrogen-bond donors (Lipinski definition) is 1. The number of aromatic nitrogens is 4. The molecule has 172 valence electrons. The molecule has 0 aliphatic carbocycles. The number of H-pyrrole nitrogens is 1. The largest absolute Gasteiger partial charge is 0.497 e. The molecular formula is C25H21FN4O4. The Hall–Kier alpha value is -4.40. The van der Waals surface area contributed by atoms with Gasteiger partial charge in [-0.25, -0.2) is 9.18 Å². The van der Waals surface area contributed by atoms with Crippen LogP contribution in [0.1, 0.15) is 15.9 Å². The zero-order valence-electron chi connectivity index (χ0n) is 18.5. The highest BCUT2D eigenvalue weighted by atomic mass is 19.1. The van der Waals surface area contributed by atoms with Crippen LogP contribution >= 0.6 is 0 Å². The van der Waals surface area contributed by atoms with Crippen LogP contribution in [-0.2, 0) is 17.7 Å². The van der Waals surface area contributed by atoms with Gasteiger partial charge in [0.2, 0.25) is 0 Å². The number of benzene rings is 2. The smallest absolute Gasteiger partial charge is 0.341 e. The Morgan fingerprint density at radius 1 is 1.12 bits per heavy atom. The number of nitrogens with one attached hydrogen (secondary N) is 1. The van der Waals surface area contributed by atoms with Gasteiger partial charge in [-0.1, -0.05) is 0 Å². The second-order valence-corrected chi connectivity index (χ2v) is 7.83. The second kappa shape index (κ2) is 8.51. The minimum absolute atomic E-state index is 0.189. The number of rotatable bonds is 6. The molecule has 5 rings (SSSR count). The molecule has 0 fully saturated rings.